The average Bonchev–Trinajstić information content (AvgIpc) is 2.34. The molecule has 0 atom stereocenters. The van der Waals surface area contributed by atoms with E-state index in [0.717, 1.165) is 13.0 Å². The van der Waals surface area contributed by atoms with Gasteiger partial charge in [0.1, 0.15) is 0 Å². The molecule has 0 amide bonds. The Bertz CT molecular complexity index is 206. The highest BCUT2D eigenvalue weighted by atomic mass is 28.4. The zero-order chi connectivity index (χ0) is 14.4. The Morgan fingerprint density at radius 2 is 1.26 bits per heavy atom. The molecular formula is C17H36OSi. The molecule has 0 radical (unpaired) electrons. The number of unbranched alkanes of at least 4 members (excludes halogenated alkanes) is 8. The van der Waals surface area contributed by atoms with Crippen molar-refractivity contribution in [1.29, 1.82) is 0 Å². The Morgan fingerprint density at radius 3 is 1.84 bits per heavy atom. The normalized spacial score (nSPS) is 12.4. The van der Waals surface area contributed by atoms with Gasteiger partial charge in [-0.3, -0.25) is 0 Å². The lowest BCUT2D eigenvalue weighted by Gasteiger charge is -2.15. The van der Waals surface area contributed by atoms with Crippen molar-refractivity contribution in [2.45, 2.75) is 90.8 Å². The van der Waals surface area contributed by atoms with Crippen LogP contribution in [-0.4, -0.2) is 14.9 Å². The first-order valence-electron chi connectivity index (χ1n) is 8.35. The molecule has 0 fully saturated rings. The van der Waals surface area contributed by atoms with Gasteiger partial charge < -0.3 is 4.43 Å². The highest BCUT2D eigenvalue weighted by molar-refractivity contribution is 6.69. The Kier molecular flexibility index (Phi) is 12.9. The van der Waals surface area contributed by atoms with Gasteiger partial charge in [-0.15, -0.1) is 0 Å². The van der Waals surface area contributed by atoms with Crippen LogP contribution < -0.4 is 0 Å². The lowest BCUT2D eigenvalue weighted by molar-refractivity contribution is 0.319. The van der Waals surface area contributed by atoms with Crippen LogP contribution in [0.3, 0.4) is 0 Å². The molecule has 19 heavy (non-hydrogen) atoms. The molecule has 1 nitrogen and oxygen atoms in total. The van der Waals surface area contributed by atoms with Crippen molar-refractivity contribution in [3.8, 4) is 0 Å². The summed E-state index contributed by atoms with van der Waals surface area (Å²) in [7, 11) is -1.29. The Morgan fingerprint density at radius 1 is 0.737 bits per heavy atom. The summed E-state index contributed by atoms with van der Waals surface area (Å²) in [5.41, 5.74) is 0. The fourth-order valence-corrected chi connectivity index (χ4v) is 2.80. The first-order valence-corrected chi connectivity index (χ1v) is 11.8. The van der Waals surface area contributed by atoms with Crippen LogP contribution in [0, 0.1) is 0 Å². The van der Waals surface area contributed by atoms with Crippen molar-refractivity contribution in [2.24, 2.45) is 0 Å². The van der Waals surface area contributed by atoms with Crippen molar-refractivity contribution in [1.82, 2.24) is 0 Å². The van der Waals surface area contributed by atoms with Crippen LogP contribution in [0.1, 0.15) is 71.1 Å². The summed E-state index contributed by atoms with van der Waals surface area (Å²) in [6, 6.07) is 0. The quantitative estimate of drug-likeness (QED) is 0.218. The maximum absolute atomic E-state index is 5.81. The van der Waals surface area contributed by atoms with E-state index in [1.165, 1.54) is 57.8 Å². The molecule has 0 aliphatic carbocycles. The maximum atomic E-state index is 5.81. The average molecular weight is 285 g/mol. The lowest BCUT2D eigenvalue weighted by Crippen LogP contribution is -2.25. The summed E-state index contributed by atoms with van der Waals surface area (Å²) in [6.45, 7) is 9.93. The van der Waals surface area contributed by atoms with E-state index in [9.17, 15) is 0 Å². The summed E-state index contributed by atoms with van der Waals surface area (Å²) >= 11 is 0. The molecule has 0 aromatic rings. The highest BCUT2D eigenvalue weighted by Gasteiger charge is 2.12. The monoisotopic (exact) mass is 284 g/mol. The SMILES string of the molecule is CCCCCCCCCC/C=C\CCO[Si](C)(C)C. The molecule has 0 unspecified atom stereocenters. The third-order valence-electron chi connectivity index (χ3n) is 3.21. The van der Waals surface area contributed by atoms with E-state index in [-0.39, 0.29) is 0 Å². The third-order valence-corrected chi connectivity index (χ3v) is 4.28. The van der Waals surface area contributed by atoms with Gasteiger partial charge in [-0.1, -0.05) is 64.0 Å². The standard InChI is InChI=1S/C17H36OSi/c1-5-6-7-8-9-10-11-12-13-14-15-16-17-18-19(2,3)4/h14-15H,5-13,16-17H2,1-4H3/b15-14-. The van der Waals surface area contributed by atoms with Crippen LogP contribution in [0.15, 0.2) is 12.2 Å². The number of hydrogen-bond donors (Lipinski definition) is 0. The van der Waals surface area contributed by atoms with E-state index in [1.807, 2.05) is 0 Å². The largest absolute Gasteiger partial charge is 0.417 e. The molecule has 0 aromatic heterocycles. The van der Waals surface area contributed by atoms with Crippen molar-refractivity contribution in [3.05, 3.63) is 12.2 Å². The summed E-state index contributed by atoms with van der Waals surface area (Å²) in [5, 5.41) is 0. The van der Waals surface area contributed by atoms with Gasteiger partial charge in [0.05, 0.1) is 0 Å². The second-order valence-corrected chi connectivity index (χ2v) is 11.0. The second-order valence-electron chi connectivity index (χ2n) is 6.48. The fraction of sp³-hybridized carbons (Fsp3) is 0.882. The minimum atomic E-state index is -1.29. The first-order chi connectivity index (χ1) is 9.06. The highest BCUT2D eigenvalue weighted by Crippen LogP contribution is 2.10. The molecule has 0 N–H and O–H groups in total. The van der Waals surface area contributed by atoms with Gasteiger partial charge in [-0.25, -0.2) is 0 Å². The van der Waals surface area contributed by atoms with Gasteiger partial charge in [-0.2, -0.15) is 0 Å². The van der Waals surface area contributed by atoms with E-state index in [4.69, 9.17) is 4.43 Å². The van der Waals surface area contributed by atoms with Crippen molar-refractivity contribution in [3.63, 3.8) is 0 Å². The fourth-order valence-electron chi connectivity index (χ4n) is 2.06. The van der Waals surface area contributed by atoms with Crippen LogP contribution >= 0.6 is 0 Å². The number of hydrogen-bond acceptors (Lipinski definition) is 1. The van der Waals surface area contributed by atoms with Crippen LogP contribution in [-0.2, 0) is 4.43 Å². The minimum absolute atomic E-state index is 0.906. The molecule has 0 saturated carbocycles. The molecule has 2 heteroatoms. The zero-order valence-electron chi connectivity index (χ0n) is 13.8. The molecule has 0 spiro atoms. The van der Waals surface area contributed by atoms with Crippen LogP contribution in [0.2, 0.25) is 19.6 Å². The first kappa shape index (κ1) is 18.9. The minimum Gasteiger partial charge on any atom is -0.417 e. The van der Waals surface area contributed by atoms with E-state index < -0.39 is 8.32 Å². The van der Waals surface area contributed by atoms with Crippen molar-refractivity contribution >= 4 is 8.32 Å². The zero-order valence-corrected chi connectivity index (χ0v) is 14.8. The van der Waals surface area contributed by atoms with Gasteiger partial charge in [0.25, 0.3) is 0 Å². The molecule has 0 aliphatic rings. The van der Waals surface area contributed by atoms with Gasteiger partial charge in [0.2, 0.25) is 0 Å². The predicted octanol–water partition coefficient (Wildman–Crippen LogP) is 6.32. The summed E-state index contributed by atoms with van der Waals surface area (Å²) in [6.07, 6.45) is 18.2. The van der Waals surface area contributed by atoms with Crippen LogP contribution in [0.25, 0.3) is 0 Å². The molecule has 0 aliphatic heterocycles. The van der Waals surface area contributed by atoms with E-state index >= 15 is 0 Å². The molecule has 0 bridgehead atoms. The Hall–Kier alpha value is -0.0831. The summed E-state index contributed by atoms with van der Waals surface area (Å²) in [4.78, 5) is 0. The van der Waals surface area contributed by atoms with Crippen LogP contribution in [0.5, 0.6) is 0 Å². The molecular weight excluding hydrogens is 248 g/mol. The van der Waals surface area contributed by atoms with Gasteiger partial charge >= 0.3 is 0 Å². The van der Waals surface area contributed by atoms with E-state index in [1.54, 1.807) is 0 Å². The molecule has 0 heterocycles. The maximum Gasteiger partial charge on any atom is 0.183 e. The molecule has 114 valence electrons. The number of rotatable bonds is 13. The Balaban J connectivity index is 3.13. The van der Waals surface area contributed by atoms with Crippen molar-refractivity contribution < 1.29 is 4.43 Å². The summed E-state index contributed by atoms with van der Waals surface area (Å²) in [5.74, 6) is 0. The van der Waals surface area contributed by atoms with E-state index in [2.05, 4.69) is 38.7 Å². The molecule has 0 aromatic carbocycles. The van der Waals surface area contributed by atoms with Crippen molar-refractivity contribution in [2.75, 3.05) is 6.61 Å². The third kappa shape index (κ3) is 17.9. The second kappa shape index (κ2) is 12.9. The van der Waals surface area contributed by atoms with Gasteiger partial charge in [-0.05, 0) is 38.9 Å². The van der Waals surface area contributed by atoms with E-state index in [0.29, 0.717) is 0 Å². The topological polar surface area (TPSA) is 9.23 Å². The smallest absolute Gasteiger partial charge is 0.183 e. The predicted molar refractivity (Wildman–Crippen MR) is 90.3 cm³/mol. The Labute approximate surface area is 123 Å². The summed E-state index contributed by atoms with van der Waals surface area (Å²) < 4.78 is 5.81. The van der Waals surface area contributed by atoms with Crippen LogP contribution in [0.4, 0.5) is 0 Å². The van der Waals surface area contributed by atoms with Gasteiger partial charge in [0, 0.05) is 6.61 Å². The molecule has 0 rings (SSSR count). The van der Waals surface area contributed by atoms with Gasteiger partial charge in [0.15, 0.2) is 8.32 Å². The number of allylic oxidation sites excluding steroid dienone is 1. The molecule has 0 saturated heterocycles. The lowest BCUT2D eigenvalue weighted by atomic mass is 10.1.